The van der Waals surface area contributed by atoms with Crippen LogP contribution >= 0.6 is 56.8 Å². The molecule has 2 rings (SSSR count). The van der Waals surface area contributed by atoms with Gasteiger partial charge in [0, 0.05) is 45.3 Å². The lowest BCUT2D eigenvalue weighted by Gasteiger charge is -1.96. The minimum Gasteiger partial charge on any atom is -0.478 e. The first-order valence-corrected chi connectivity index (χ1v) is 12.8. The van der Waals surface area contributed by atoms with Crippen molar-refractivity contribution in [1.82, 2.24) is 0 Å². The van der Waals surface area contributed by atoms with Gasteiger partial charge in [0.1, 0.15) is 17.7 Å². The Balaban J connectivity index is 0. The topological polar surface area (TPSA) is 89.9 Å². The number of hydrogen-bond acceptors (Lipinski definition) is 5. The molecular weight excluding hydrogens is 712 g/mol. The zero-order chi connectivity index (χ0) is 27.4. The summed E-state index contributed by atoms with van der Waals surface area (Å²) in [6.07, 6.45) is 2.18. The lowest BCUT2D eigenvalue weighted by molar-refractivity contribution is -0.133. The zero-order valence-corrected chi connectivity index (χ0v) is 24.5. The quantitative estimate of drug-likeness (QED) is 0.121. The smallest absolute Gasteiger partial charge is 0.335 e. The number of hydrogen-bond donors (Lipinski definition) is 1. The average Bonchev–Trinajstić information content (AvgIpc) is 2.82. The molecule has 35 heavy (non-hydrogen) atoms. The van der Waals surface area contributed by atoms with Crippen LogP contribution in [0.15, 0.2) is 36.4 Å². The Hall–Kier alpha value is -1.82. The van der Waals surface area contributed by atoms with Crippen LogP contribution < -0.4 is 0 Å². The van der Waals surface area contributed by atoms with E-state index in [0.29, 0.717) is 15.6 Å². The zero-order valence-electron chi connectivity index (χ0n) is 19.5. The van der Waals surface area contributed by atoms with Crippen molar-refractivity contribution < 1.29 is 37.7 Å². The largest absolute Gasteiger partial charge is 0.478 e. The molecule has 0 saturated carbocycles. The van der Waals surface area contributed by atoms with Gasteiger partial charge in [-0.1, -0.05) is 34.7 Å². The number of carboxylic acids is 1. The second-order valence-electron chi connectivity index (χ2n) is 6.09. The Morgan fingerprint density at radius 1 is 0.971 bits per heavy atom. The fourth-order valence-corrected chi connectivity index (χ4v) is 2.13. The Kier molecular flexibility index (Phi) is 21.7. The molecule has 0 heterocycles. The Labute approximate surface area is 236 Å². The number of benzene rings is 2. The van der Waals surface area contributed by atoms with Crippen LogP contribution in [0.1, 0.15) is 45.7 Å². The van der Waals surface area contributed by atoms with Crippen LogP contribution in [0.4, 0.5) is 8.78 Å². The first-order chi connectivity index (χ1) is 16.4. The molecule has 0 aliphatic rings. The summed E-state index contributed by atoms with van der Waals surface area (Å²) in [6, 6.07) is 7.97. The Morgan fingerprint density at radius 2 is 1.43 bits per heavy atom. The number of halogens is 5. The van der Waals surface area contributed by atoms with E-state index in [0.717, 1.165) is 25.3 Å². The molecule has 2 aromatic carbocycles. The first kappa shape index (κ1) is 35.3. The van der Waals surface area contributed by atoms with Gasteiger partial charge in [-0.25, -0.2) is 13.6 Å². The standard InChI is InChI=1S/C8H6ClFO.C8H7FO2.C4H2I2O2.C4H10O/c1-5-2-3-6(8(9)11)4-7(5)10;1-5-2-3-6(8(10)11)4-7(5)9;5-1-2-8-4(7)3-6;1-3-5-4-2/h2-4H,1H3;2-4H,1H3,(H,10,11);3H2;3-4H2,1-2H3. The van der Waals surface area contributed by atoms with Gasteiger partial charge in [-0.3, -0.25) is 9.59 Å². The van der Waals surface area contributed by atoms with Crippen molar-refractivity contribution in [3.8, 4) is 10.0 Å². The molecule has 0 aliphatic heterocycles. The van der Waals surface area contributed by atoms with Crippen LogP contribution in [0, 0.1) is 35.5 Å². The summed E-state index contributed by atoms with van der Waals surface area (Å²) >= 11 is 8.83. The van der Waals surface area contributed by atoms with Gasteiger partial charge in [0.25, 0.3) is 5.24 Å². The molecule has 0 atom stereocenters. The van der Waals surface area contributed by atoms with Gasteiger partial charge in [0.2, 0.25) is 0 Å². The third-order valence-corrected chi connectivity index (χ3v) is 4.60. The lowest BCUT2D eigenvalue weighted by Crippen LogP contribution is -1.98. The number of carbonyl (C=O) groups is 3. The normalized spacial score (nSPS) is 8.83. The van der Waals surface area contributed by atoms with Crippen LogP contribution in [0.5, 0.6) is 0 Å². The molecule has 0 aliphatic carbocycles. The maximum absolute atomic E-state index is 12.7. The fourth-order valence-electron chi connectivity index (χ4n) is 1.75. The highest BCUT2D eigenvalue weighted by molar-refractivity contribution is 14.1. The van der Waals surface area contributed by atoms with E-state index >= 15 is 0 Å². The molecule has 2 aromatic rings. The predicted molar refractivity (Wildman–Crippen MR) is 148 cm³/mol. The third kappa shape index (κ3) is 18.2. The van der Waals surface area contributed by atoms with Gasteiger partial charge in [-0.05, 0) is 74.7 Å². The predicted octanol–water partition coefficient (Wildman–Crippen LogP) is 6.71. The highest BCUT2D eigenvalue weighted by Crippen LogP contribution is 2.11. The van der Waals surface area contributed by atoms with Crippen molar-refractivity contribution in [2.24, 2.45) is 0 Å². The average molecular weight is 737 g/mol. The number of carbonyl (C=O) groups excluding carboxylic acids is 2. The van der Waals surface area contributed by atoms with Crippen molar-refractivity contribution in [2.75, 3.05) is 17.6 Å². The number of rotatable bonds is 5. The number of carboxylic acid groups (broad SMARTS) is 1. The maximum Gasteiger partial charge on any atom is 0.335 e. The third-order valence-electron chi connectivity index (χ3n) is 3.54. The van der Waals surface area contributed by atoms with Crippen molar-refractivity contribution in [3.63, 3.8) is 0 Å². The molecule has 0 unspecified atom stereocenters. The fraction of sp³-hybridized carbons (Fsp3) is 0.292. The van der Waals surface area contributed by atoms with Crippen molar-refractivity contribution >= 4 is 74.0 Å². The van der Waals surface area contributed by atoms with Gasteiger partial charge in [-0.2, -0.15) is 0 Å². The highest BCUT2D eigenvalue weighted by atomic mass is 127. The van der Waals surface area contributed by atoms with Gasteiger partial charge < -0.3 is 14.6 Å². The summed E-state index contributed by atoms with van der Waals surface area (Å²) < 4.78 is 37.3. The molecule has 11 heteroatoms. The van der Waals surface area contributed by atoms with Gasteiger partial charge in [0.15, 0.2) is 0 Å². The second-order valence-corrected chi connectivity index (χ2v) is 7.74. The monoisotopic (exact) mass is 736 g/mol. The Bertz CT molecular complexity index is 959. The van der Waals surface area contributed by atoms with Gasteiger partial charge in [0.05, 0.1) is 9.99 Å². The molecule has 192 valence electrons. The van der Waals surface area contributed by atoms with E-state index in [4.69, 9.17) is 21.4 Å². The molecule has 0 spiro atoms. The molecule has 0 saturated heterocycles. The maximum atomic E-state index is 12.7. The van der Waals surface area contributed by atoms with Gasteiger partial charge >= 0.3 is 11.9 Å². The first-order valence-electron chi connectivity index (χ1n) is 9.84. The minimum atomic E-state index is -1.11. The molecule has 0 aromatic heterocycles. The van der Waals surface area contributed by atoms with Gasteiger partial charge in [-0.15, -0.1) is 0 Å². The van der Waals surface area contributed by atoms with E-state index in [2.05, 4.69) is 14.8 Å². The Morgan fingerprint density at radius 3 is 1.74 bits per heavy atom. The van der Waals surface area contributed by atoms with Crippen LogP contribution in [0.25, 0.3) is 0 Å². The molecular formula is C24H25ClF2I2O6. The molecule has 6 nitrogen and oxygen atoms in total. The lowest BCUT2D eigenvalue weighted by atomic mass is 10.1. The van der Waals surface area contributed by atoms with E-state index in [1.54, 1.807) is 36.4 Å². The van der Waals surface area contributed by atoms with E-state index in [1.165, 1.54) is 24.3 Å². The van der Waals surface area contributed by atoms with E-state index < -0.39 is 22.8 Å². The summed E-state index contributed by atoms with van der Waals surface area (Å²) in [5, 5.41) is 7.80. The van der Waals surface area contributed by atoms with Crippen molar-refractivity contribution in [2.45, 2.75) is 27.7 Å². The minimum absolute atomic E-state index is 0.0203. The number of aromatic carboxylic acids is 1. The summed E-state index contributed by atoms with van der Waals surface area (Å²) in [6.45, 7) is 8.87. The molecule has 0 fully saturated rings. The number of alkyl halides is 1. The summed E-state index contributed by atoms with van der Waals surface area (Å²) in [5.74, 6) is -2.29. The summed E-state index contributed by atoms with van der Waals surface area (Å²) in [4.78, 5) is 31.0. The van der Waals surface area contributed by atoms with E-state index in [-0.39, 0.29) is 17.1 Å². The highest BCUT2D eigenvalue weighted by Gasteiger charge is 2.05. The second kappa shape index (κ2) is 21.5. The van der Waals surface area contributed by atoms with Crippen molar-refractivity contribution in [1.29, 1.82) is 0 Å². The number of esters is 1. The molecule has 0 radical (unpaired) electrons. The molecule has 0 amide bonds. The van der Waals surface area contributed by atoms with E-state index in [1.807, 2.05) is 36.4 Å². The summed E-state index contributed by atoms with van der Waals surface area (Å²) in [7, 11) is 0. The van der Waals surface area contributed by atoms with E-state index in [9.17, 15) is 23.2 Å². The van der Waals surface area contributed by atoms with Crippen molar-refractivity contribution in [3.05, 3.63) is 70.3 Å². The number of ether oxygens (including phenoxy) is 2. The summed E-state index contributed by atoms with van der Waals surface area (Å²) in [5.41, 5.74) is 1.13. The van der Waals surface area contributed by atoms with Crippen LogP contribution in [0.3, 0.4) is 0 Å². The number of aryl methyl sites for hydroxylation is 2. The SMILES string of the molecule is CCOCC.Cc1ccc(C(=O)Cl)cc1F.Cc1ccc(C(=O)O)cc1F.O=C(CI)OC#CI. The van der Waals surface area contributed by atoms with Crippen LogP contribution in [-0.2, 0) is 14.3 Å². The van der Waals surface area contributed by atoms with Crippen LogP contribution in [-0.4, -0.2) is 39.9 Å². The van der Waals surface area contributed by atoms with Crippen LogP contribution in [0.2, 0.25) is 0 Å². The molecule has 1 N–H and O–H groups in total. The molecule has 0 bridgehead atoms.